The van der Waals surface area contributed by atoms with Crippen molar-refractivity contribution in [2.45, 2.75) is 30.1 Å². The lowest BCUT2D eigenvalue weighted by atomic mass is 9.81. The average molecular weight is 491 g/mol. The van der Waals surface area contributed by atoms with E-state index in [9.17, 15) is 26.4 Å². The Morgan fingerprint density at radius 1 is 0.882 bits per heavy atom. The highest BCUT2D eigenvalue weighted by atomic mass is 32.2. The molecule has 0 saturated carbocycles. The van der Waals surface area contributed by atoms with Crippen LogP contribution in [0, 0.1) is 5.92 Å². The Morgan fingerprint density at radius 2 is 1.59 bits per heavy atom. The second kappa shape index (κ2) is 8.28. The molecule has 178 valence electrons. The summed E-state index contributed by atoms with van der Waals surface area (Å²) in [7, 11) is -3.69. The summed E-state index contributed by atoms with van der Waals surface area (Å²) in [5.74, 6) is -0.572. The van der Waals surface area contributed by atoms with Crippen LogP contribution in [0.4, 0.5) is 13.2 Å². The van der Waals surface area contributed by atoms with E-state index in [-0.39, 0.29) is 34.6 Å². The molecule has 3 heterocycles. The zero-order chi connectivity index (χ0) is 24.1. The van der Waals surface area contributed by atoms with E-state index in [0.717, 1.165) is 6.42 Å². The minimum absolute atomic E-state index is 0.0137. The topological polar surface area (TPSA) is 68.6 Å². The Hall–Kier alpha value is -3.11. The van der Waals surface area contributed by atoms with Crippen LogP contribution in [0.5, 0.6) is 5.75 Å². The van der Waals surface area contributed by atoms with Crippen LogP contribution in [0.3, 0.4) is 0 Å². The second-order valence-electron chi connectivity index (χ2n) is 8.59. The van der Waals surface area contributed by atoms with E-state index >= 15 is 0 Å². The van der Waals surface area contributed by atoms with Crippen LogP contribution in [0.2, 0.25) is 0 Å². The van der Waals surface area contributed by atoms with E-state index in [0.29, 0.717) is 29.9 Å². The van der Waals surface area contributed by atoms with Gasteiger partial charge < -0.3 is 9.30 Å². The predicted molar refractivity (Wildman–Crippen MR) is 119 cm³/mol. The van der Waals surface area contributed by atoms with Crippen molar-refractivity contribution in [3.63, 3.8) is 0 Å². The van der Waals surface area contributed by atoms with Gasteiger partial charge in [0.1, 0.15) is 5.75 Å². The van der Waals surface area contributed by atoms with E-state index in [4.69, 9.17) is 0 Å². The maximum absolute atomic E-state index is 13.3. The van der Waals surface area contributed by atoms with Gasteiger partial charge in [-0.2, -0.15) is 4.31 Å². The largest absolute Gasteiger partial charge is 0.573 e. The Balaban J connectivity index is 1.51. The van der Waals surface area contributed by atoms with Crippen molar-refractivity contribution in [2.75, 3.05) is 13.1 Å². The van der Waals surface area contributed by atoms with Crippen molar-refractivity contribution in [3.8, 4) is 16.9 Å². The van der Waals surface area contributed by atoms with Crippen molar-refractivity contribution in [2.24, 2.45) is 5.92 Å². The minimum Gasteiger partial charge on any atom is -0.406 e. The number of hydrogen-bond acceptors (Lipinski definition) is 4. The third-order valence-corrected chi connectivity index (χ3v) is 8.18. The zero-order valence-electron chi connectivity index (χ0n) is 17.9. The molecular formula is C24H21F3N2O4S. The van der Waals surface area contributed by atoms with E-state index in [1.807, 2.05) is 0 Å². The zero-order valence-corrected chi connectivity index (χ0v) is 18.7. The molecule has 34 heavy (non-hydrogen) atoms. The number of sulfonamides is 1. The Labute approximate surface area is 194 Å². The van der Waals surface area contributed by atoms with Gasteiger partial charge in [-0.3, -0.25) is 4.79 Å². The molecule has 0 N–H and O–H groups in total. The molecule has 0 radical (unpaired) electrons. The number of hydrogen-bond donors (Lipinski definition) is 0. The van der Waals surface area contributed by atoms with E-state index in [2.05, 4.69) is 4.74 Å². The Bertz CT molecular complexity index is 1370. The van der Waals surface area contributed by atoms with Crippen LogP contribution in [0.25, 0.3) is 11.1 Å². The minimum atomic E-state index is -4.79. The molecule has 5 rings (SSSR count). The predicted octanol–water partition coefficient (Wildman–Crippen LogP) is 4.22. The molecule has 2 atom stereocenters. The summed E-state index contributed by atoms with van der Waals surface area (Å²) >= 11 is 0. The number of fused-ring (bicyclic) bond motifs is 4. The highest BCUT2D eigenvalue weighted by molar-refractivity contribution is 7.89. The van der Waals surface area contributed by atoms with Crippen LogP contribution < -0.4 is 10.3 Å². The number of alkyl halides is 3. The Kier molecular flexibility index (Phi) is 5.52. The SMILES string of the molecule is O=c1ccc(-c2ccc(OC(F)(F)F)cc2)c2n1C[C@@H]1C[C@@H]2CN(S(=O)(=O)c2ccccc2)C1. The number of piperidine rings is 1. The molecule has 2 aliphatic heterocycles. The highest BCUT2D eigenvalue weighted by Gasteiger charge is 2.40. The van der Waals surface area contributed by atoms with Crippen LogP contribution in [-0.2, 0) is 16.6 Å². The molecule has 1 fully saturated rings. The lowest BCUT2D eigenvalue weighted by Gasteiger charge is -2.42. The van der Waals surface area contributed by atoms with Crippen LogP contribution in [0.15, 0.2) is 76.4 Å². The maximum Gasteiger partial charge on any atom is 0.573 e. The number of rotatable bonds is 4. The normalized spacial score (nSPS) is 20.6. The number of nitrogens with zero attached hydrogens (tertiary/aromatic N) is 2. The van der Waals surface area contributed by atoms with Crippen LogP contribution in [0.1, 0.15) is 18.0 Å². The number of pyridine rings is 1. The number of halogens is 3. The molecule has 0 spiro atoms. The van der Waals surface area contributed by atoms with Gasteiger partial charge in [0.05, 0.1) is 4.90 Å². The van der Waals surface area contributed by atoms with Gasteiger partial charge in [-0.25, -0.2) is 8.42 Å². The fraction of sp³-hybridized carbons (Fsp3) is 0.292. The molecule has 0 aliphatic carbocycles. The molecule has 10 heteroatoms. The first-order valence-corrected chi connectivity index (χ1v) is 12.2. The summed E-state index contributed by atoms with van der Waals surface area (Å²) in [6.45, 7) is 0.932. The first-order valence-electron chi connectivity index (χ1n) is 10.8. The van der Waals surface area contributed by atoms with Crippen molar-refractivity contribution in [1.82, 2.24) is 8.87 Å². The second-order valence-corrected chi connectivity index (χ2v) is 10.5. The van der Waals surface area contributed by atoms with Crippen molar-refractivity contribution < 1.29 is 26.3 Å². The van der Waals surface area contributed by atoms with Gasteiger partial charge in [0, 0.05) is 42.9 Å². The van der Waals surface area contributed by atoms with Crippen molar-refractivity contribution >= 4 is 10.0 Å². The summed E-state index contributed by atoms with van der Waals surface area (Å²) in [6, 6.07) is 16.8. The standard InChI is InChI=1S/C24H21F3N2O4S/c25-24(26,27)33-19-8-6-17(7-9-19)21-10-11-22(30)29-14-16-12-18(23(21)29)15-28(13-16)34(31,32)20-4-2-1-3-5-20/h1-11,16,18H,12-15H2/t16-,18-/m1/s1. The molecule has 2 aromatic carbocycles. The van der Waals surface area contributed by atoms with Gasteiger partial charge in [0.15, 0.2) is 0 Å². The number of aromatic nitrogens is 1. The summed E-state index contributed by atoms with van der Waals surface area (Å²) in [4.78, 5) is 12.9. The van der Waals surface area contributed by atoms with E-state index in [1.54, 1.807) is 41.0 Å². The summed E-state index contributed by atoms with van der Waals surface area (Å²) in [5.41, 5.74) is 1.85. The average Bonchev–Trinajstić information content (AvgIpc) is 2.80. The molecule has 3 aromatic rings. The van der Waals surface area contributed by atoms with Gasteiger partial charge in [0.2, 0.25) is 10.0 Å². The van der Waals surface area contributed by atoms with Gasteiger partial charge in [-0.15, -0.1) is 13.2 Å². The van der Waals surface area contributed by atoms with Gasteiger partial charge >= 0.3 is 6.36 Å². The molecule has 0 amide bonds. The summed E-state index contributed by atoms with van der Waals surface area (Å²) < 4.78 is 71.2. The Morgan fingerprint density at radius 3 is 2.26 bits per heavy atom. The maximum atomic E-state index is 13.3. The van der Waals surface area contributed by atoms with Gasteiger partial charge in [-0.1, -0.05) is 30.3 Å². The number of ether oxygens (including phenoxy) is 1. The van der Waals surface area contributed by atoms with E-state index in [1.165, 1.54) is 34.6 Å². The quantitative estimate of drug-likeness (QED) is 0.549. The summed E-state index contributed by atoms with van der Waals surface area (Å²) in [6.07, 6.45) is -4.06. The molecule has 0 unspecified atom stereocenters. The van der Waals surface area contributed by atoms with Crippen LogP contribution in [-0.4, -0.2) is 36.7 Å². The molecule has 2 bridgehead atoms. The fourth-order valence-corrected chi connectivity index (χ4v) is 6.57. The monoisotopic (exact) mass is 490 g/mol. The lowest BCUT2D eigenvalue weighted by Crippen LogP contribution is -2.49. The highest BCUT2D eigenvalue weighted by Crippen LogP contribution is 2.41. The third-order valence-electron chi connectivity index (χ3n) is 6.34. The fourth-order valence-electron chi connectivity index (χ4n) is 4.99. The molecule has 6 nitrogen and oxygen atoms in total. The van der Waals surface area contributed by atoms with Crippen LogP contribution >= 0.6 is 0 Å². The summed E-state index contributed by atoms with van der Waals surface area (Å²) in [5, 5.41) is 0. The molecule has 1 saturated heterocycles. The van der Waals surface area contributed by atoms with Crippen molar-refractivity contribution in [3.05, 3.63) is 82.8 Å². The molecular weight excluding hydrogens is 469 g/mol. The molecule has 1 aromatic heterocycles. The smallest absolute Gasteiger partial charge is 0.406 e. The lowest BCUT2D eigenvalue weighted by molar-refractivity contribution is -0.274. The van der Waals surface area contributed by atoms with Crippen molar-refractivity contribution in [1.29, 1.82) is 0 Å². The van der Waals surface area contributed by atoms with E-state index < -0.39 is 16.4 Å². The first kappa shape index (κ1) is 22.7. The number of benzene rings is 2. The van der Waals surface area contributed by atoms with Gasteiger partial charge in [0.25, 0.3) is 5.56 Å². The van der Waals surface area contributed by atoms with Gasteiger partial charge in [-0.05, 0) is 48.2 Å². The molecule has 2 aliphatic rings. The first-order chi connectivity index (χ1) is 16.1. The third kappa shape index (κ3) is 4.23.